The molecule has 11 heteroatoms. The molecule has 0 unspecified atom stereocenters. The molecule has 1 amide bonds. The molecule has 0 saturated carbocycles. The Hall–Kier alpha value is -1.77. The summed E-state index contributed by atoms with van der Waals surface area (Å²) in [5, 5.41) is 12.7. The molecule has 1 aromatic rings. The summed E-state index contributed by atoms with van der Waals surface area (Å²) in [5.74, 6) is -0.786. The third kappa shape index (κ3) is 6.33. The van der Waals surface area contributed by atoms with Gasteiger partial charge in [0, 0.05) is 12.1 Å². The van der Waals surface area contributed by atoms with Crippen molar-refractivity contribution in [3.8, 4) is 5.75 Å². The zero-order valence-corrected chi connectivity index (χ0v) is 13.0. The van der Waals surface area contributed by atoms with Crippen LogP contribution in [0.2, 0.25) is 0 Å². The molecule has 0 aliphatic carbocycles. The molecule has 1 N–H and O–H groups in total. The Morgan fingerprint density at radius 2 is 1.82 bits per heavy atom. The van der Waals surface area contributed by atoms with Crippen molar-refractivity contribution in [2.45, 2.75) is 3.79 Å². The second kappa shape index (κ2) is 8.02. The number of benzene rings is 1. The second-order valence-corrected chi connectivity index (χ2v) is 5.99. The average molecular weight is 372 g/mol. The minimum Gasteiger partial charge on any atom is -0.432 e. The van der Waals surface area contributed by atoms with E-state index in [0.29, 0.717) is 0 Å². The highest BCUT2D eigenvalue weighted by molar-refractivity contribution is 6.76. The molecule has 0 fully saturated rings. The van der Waals surface area contributed by atoms with Crippen molar-refractivity contribution in [3.05, 3.63) is 34.4 Å². The van der Waals surface area contributed by atoms with Crippen LogP contribution in [0.15, 0.2) is 24.3 Å². The number of nitro benzene ring substituents is 1. The Morgan fingerprint density at radius 3 is 2.32 bits per heavy atom. The summed E-state index contributed by atoms with van der Waals surface area (Å²) in [7, 11) is 0. The van der Waals surface area contributed by atoms with Crippen LogP contribution in [0.4, 0.5) is 10.5 Å². The van der Waals surface area contributed by atoms with Gasteiger partial charge in [0.1, 0.15) is 12.4 Å². The normalized spacial score (nSPS) is 10.7. The summed E-state index contributed by atoms with van der Waals surface area (Å²) < 4.78 is 7.30. The minimum atomic E-state index is -2.10. The maximum atomic E-state index is 11.3. The van der Waals surface area contributed by atoms with E-state index in [1.165, 1.54) is 24.3 Å². The van der Waals surface area contributed by atoms with Crippen molar-refractivity contribution in [3.63, 3.8) is 0 Å². The number of hydrogen-bond donors (Lipinski definition) is 1. The molecule has 0 heterocycles. The van der Waals surface area contributed by atoms with E-state index in [0.717, 1.165) is 0 Å². The molecule has 22 heavy (non-hydrogen) atoms. The number of halogens is 3. The van der Waals surface area contributed by atoms with E-state index in [2.05, 4.69) is 10.1 Å². The van der Waals surface area contributed by atoms with Crippen molar-refractivity contribution >= 4 is 52.6 Å². The molecule has 0 aromatic heterocycles. The number of nitrogens with one attached hydrogen (secondary N) is 1. The Bertz CT molecular complexity index is 558. The van der Waals surface area contributed by atoms with Crippen molar-refractivity contribution < 1.29 is 24.0 Å². The minimum absolute atomic E-state index is 0.0703. The van der Waals surface area contributed by atoms with Gasteiger partial charge in [0.25, 0.3) is 15.4 Å². The van der Waals surface area contributed by atoms with Crippen molar-refractivity contribution in [2.24, 2.45) is 0 Å². The van der Waals surface area contributed by atoms with Crippen LogP contribution in [0.25, 0.3) is 0 Å². The molecule has 0 aliphatic heterocycles. The molecule has 0 radical (unpaired) electrons. The molecule has 0 spiro atoms. The first kappa shape index (κ1) is 18.3. The Morgan fingerprint density at radius 1 is 1.23 bits per heavy atom. The Labute approximate surface area is 139 Å². The van der Waals surface area contributed by atoms with Crippen LogP contribution in [-0.4, -0.2) is 33.9 Å². The van der Waals surface area contributed by atoms with E-state index in [1.807, 2.05) is 0 Å². The third-order valence-electron chi connectivity index (χ3n) is 2.11. The first-order valence-corrected chi connectivity index (χ1v) is 6.77. The van der Waals surface area contributed by atoms with Gasteiger partial charge in [-0.05, 0) is 12.1 Å². The topological polar surface area (TPSA) is 108 Å². The smallest absolute Gasteiger partial charge is 0.432 e. The molecule has 0 saturated heterocycles. The van der Waals surface area contributed by atoms with Gasteiger partial charge in [-0.1, -0.05) is 34.8 Å². The summed E-state index contributed by atoms with van der Waals surface area (Å²) in [6, 6.07) is 4.82. The molecular weight excluding hydrogens is 362 g/mol. The van der Waals surface area contributed by atoms with Crippen LogP contribution in [0.3, 0.4) is 0 Å². The van der Waals surface area contributed by atoms with E-state index in [-0.39, 0.29) is 24.6 Å². The lowest BCUT2D eigenvalue weighted by atomic mass is 10.3. The van der Waals surface area contributed by atoms with Gasteiger partial charge < -0.3 is 14.8 Å². The standard InChI is InChI=1S/C11H9Cl3N2O6/c12-11(13,14)9(17)15-5-6-21-10(18)22-8-3-1-7(2-4-8)16(19)20/h1-4H,5-6H2,(H,15,17). The molecule has 1 aromatic carbocycles. The second-order valence-electron chi connectivity index (χ2n) is 3.71. The number of nitro groups is 1. The van der Waals surface area contributed by atoms with Gasteiger partial charge in [-0.3, -0.25) is 14.9 Å². The fourth-order valence-corrected chi connectivity index (χ4v) is 1.36. The van der Waals surface area contributed by atoms with Crippen LogP contribution >= 0.6 is 34.8 Å². The Balaban J connectivity index is 2.32. The van der Waals surface area contributed by atoms with E-state index in [9.17, 15) is 19.7 Å². The third-order valence-corrected chi connectivity index (χ3v) is 2.63. The number of hydrogen-bond acceptors (Lipinski definition) is 6. The van der Waals surface area contributed by atoms with Crippen molar-refractivity contribution in [1.82, 2.24) is 5.32 Å². The average Bonchev–Trinajstić information content (AvgIpc) is 2.42. The molecule has 8 nitrogen and oxygen atoms in total. The lowest BCUT2D eigenvalue weighted by Crippen LogP contribution is -2.36. The van der Waals surface area contributed by atoms with Crippen LogP contribution in [0, 0.1) is 10.1 Å². The van der Waals surface area contributed by atoms with Crippen LogP contribution < -0.4 is 10.1 Å². The molecule has 0 atom stereocenters. The number of amides is 1. The lowest BCUT2D eigenvalue weighted by Gasteiger charge is -2.11. The summed E-state index contributed by atoms with van der Waals surface area (Å²) in [5.41, 5.74) is -0.143. The van der Waals surface area contributed by atoms with Crippen molar-refractivity contribution in [1.29, 1.82) is 0 Å². The number of non-ortho nitro benzene ring substituents is 1. The summed E-state index contributed by atoms with van der Waals surface area (Å²) >= 11 is 15.9. The van der Waals surface area contributed by atoms with E-state index >= 15 is 0 Å². The molecule has 120 valence electrons. The molecule has 0 aliphatic rings. The van der Waals surface area contributed by atoms with Gasteiger partial charge in [0.15, 0.2) is 0 Å². The van der Waals surface area contributed by atoms with Gasteiger partial charge in [-0.25, -0.2) is 4.79 Å². The molecular formula is C11H9Cl3N2O6. The van der Waals surface area contributed by atoms with Gasteiger partial charge in [0.05, 0.1) is 11.5 Å². The maximum Gasteiger partial charge on any atom is 0.513 e. The molecule has 0 bridgehead atoms. The van der Waals surface area contributed by atoms with Crippen LogP contribution in [0.1, 0.15) is 0 Å². The number of ether oxygens (including phenoxy) is 2. The van der Waals surface area contributed by atoms with E-state index < -0.39 is 20.8 Å². The highest BCUT2D eigenvalue weighted by Crippen LogP contribution is 2.25. The summed E-state index contributed by atoms with van der Waals surface area (Å²) in [6.07, 6.45) is -1.04. The van der Waals surface area contributed by atoms with E-state index in [4.69, 9.17) is 39.5 Å². The van der Waals surface area contributed by atoms with Gasteiger partial charge in [-0.15, -0.1) is 0 Å². The first-order chi connectivity index (χ1) is 10.2. The number of carbonyl (C=O) groups is 2. The summed E-state index contributed by atoms with van der Waals surface area (Å²) in [6.45, 7) is -0.291. The first-order valence-electron chi connectivity index (χ1n) is 5.64. The Kier molecular flexibility index (Phi) is 6.66. The van der Waals surface area contributed by atoms with Gasteiger partial charge >= 0.3 is 6.16 Å². The SMILES string of the molecule is O=C(OCCNC(=O)C(Cl)(Cl)Cl)Oc1ccc([N+](=O)[O-])cc1. The monoisotopic (exact) mass is 370 g/mol. The predicted molar refractivity (Wildman–Crippen MR) is 78.4 cm³/mol. The van der Waals surface area contributed by atoms with Crippen molar-refractivity contribution in [2.75, 3.05) is 13.2 Å². The fraction of sp³-hybridized carbons (Fsp3) is 0.273. The number of alkyl halides is 3. The number of carbonyl (C=O) groups excluding carboxylic acids is 2. The zero-order chi connectivity index (χ0) is 16.8. The quantitative estimate of drug-likeness (QED) is 0.213. The lowest BCUT2D eigenvalue weighted by molar-refractivity contribution is -0.384. The fourth-order valence-electron chi connectivity index (χ4n) is 1.16. The van der Waals surface area contributed by atoms with Crippen LogP contribution in [-0.2, 0) is 9.53 Å². The maximum absolute atomic E-state index is 11.3. The van der Waals surface area contributed by atoms with Gasteiger partial charge in [0.2, 0.25) is 0 Å². The van der Waals surface area contributed by atoms with E-state index in [1.54, 1.807) is 0 Å². The van der Waals surface area contributed by atoms with Gasteiger partial charge in [-0.2, -0.15) is 0 Å². The highest BCUT2D eigenvalue weighted by Gasteiger charge is 2.30. The predicted octanol–water partition coefficient (Wildman–Crippen LogP) is 2.60. The number of rotatable bonds is 5. The highest BCUT2D eigenvalue weighted by atomic mass is 35.6. The zero-order valence-electron chi connectivity index (χ0n) is 10.8. The number of nitrogens with zero attached hydrogens (tertiary/aromatic N) is 1. The van der Waals surface area contributed by atoms with Crippen LogP contribution in [0.5, 0.6) is 5.75 Å². The molecule has 1 rings (SSSR count). The largest absolute Gasteiger partial charge is 0.513 e. The summed E-state index contributed by atoms with van der Waals surface area (Å²) in [4.78, 5) is 32.3.